The average molecular weight is 340 g/mol. The number of hydrogen-bond acceptors (Lipinski definition) is 3. The fourth-order valence-corrected chi connectivity index (χ4v) is 2.18. The summed E-state index contributed by atoms with van der Waals surface area (Å²) in [5.74, 6) is 0.797. The minimum Gasteiger partial charge on any atom is -0.494 e. The lowest BCUT2D eigenvalue weighted by atomic mass is 10.1. The zero-order valence-corrected chi connectivity index (χ0v) is 14.8. The normalized spacial score (nSPS) is 10.4. The van der Waals surface area contributed by atoms with E-state index in [9.17, 15) is 9.59 Å². The van der Waals surface area contributed by atoms with Crippen molar-refractivity contribution >= 4 is 17.5 Å². The number of ether oxygens (including phenoxy) is 1. The van der Waals surface area contributed by atoms with Crippen LogP contribution in [-0.2, 0) is 0 Å². The summed E-state index contributed by atoms with van der Waals surface area (Å²) in [5.41, 5.74) is 1.72. The van der Waals surface area contributed by atoms with E-state index in [1.54, 1.807) is 48.5 Å². The fourth-order valence-electron chi connectivity index (χ4n) is 2.18. The highest BCUT2D eigenvalue weighted by Gasteiger charge is 2.09. The van der Waals surface area contributed by atoms with Gasteiger partial charge in [-0.1, -0.05) is 13.8 Å². The summed E-state index contributed by atoms with van der Waals surface area (Å²) >= 11 is 0. The highest BCUT2D eigenvalue weighted by atomic mass is 16.5. The smallest absolute Gasteiger partial charge is 0.255 e. The Morgan fingerprint density at radius 3 is 2.00 bits per heavy atom. The molecule has 5 heteroatoms. The van der Waals surface area contributed by atoms with Crippen LogP contribution in [-0.4, -0.2) is 25.0 Å². The van der Waals surface area contributed by atoms with Crippen LogP contribution in [0.15, 0.2) is 48.5 Å². The molecule has 2 aromatic rings. The van der Waals surface area contributed by atoms with E-state index in [0.29, 0.717) is 35.9 Å². The Labute approximate surface area is 148 Å². The van der Waals surface area contributed by atoms with Gasteiger partial charge in [0, 0.05) is 23.4 Å². The lowest BCUT2D eigenvalue weighted by molar-refractivity contribution is 0.0947. The number of amides is 2. The van der Waals surface area contributed by atoms with Gasteiger partial charge in [-0.15, -0.1) is 0 Å². The molecule has 0 aliphatic heterocycles. The molecule has 2 aromatic carbocycles. The molecule has 0 atom stereocenters. The van der Waals surface area contributed by atoms with Gasteiger partial charge in [0.05, 0.1) is 6.61 Å². The van der Waals surface area contributed by atoms with Gasteiger partial charge in [-0.05, 0) is 61.4 Å². The molecular weight excluding hydrogens is 316 g/mol. The quantitative estimate of drug-likeness (QED) is 0.807. The van der Waals surface area contributed by atoms with Gasteiger partial charge in [0.2, 0.25) is 0 Å². The van der Waals surface area contributed by atoms with Crippen molar-refractivity contribution in [3.05, 3.63) is 59.7 Å². The monoisotopic (exact) mass is 340 g/mol. The first-order chi connectivity index (χ1) is 12.0. The van der Waals surface area contributed by atoms with E-state index < -0.39 is 0 Å². The number of benzene rings is 2. The first-order valence-corrected chi connectivity index (χ1v) is 8.42. The van der Waals surface area contributed by atoms with Gasteiger partial charge in [0.1, 0.15) is 5.75 Å². The Kier molecular flexibility index (Phi) is 6.57. The minimum atomic E-state index is -0.224. The fraction of sp³-hybridized carbons (Fsp3) is 0.300. The Morgan fingerprint density at radius 1 is 0.920 bits per heavy atom. The second-order valence-corrected chi connectivity index (χ2v) is 6.09. The van der Waals surface area contributed by atoms with Gasteiger partial charge in [-0.3, -0.25) is 9.59 Å². The lowest BCUT2D eigenvalue weighted by Gasteiger charge is -2.09. The molecule has 0 radical (unpaired) electrons. The van der Waals surface area contributed by atoms with Gasteiger partial charge in [-0.2, -0.15) is 0 Å². The van der Waals surface area contributed by atoms with Crippen molar-refractivity contribution in [3.8, 4) is 5.75 Å². The number of anilines is 1. The highest BCUT2D eigenvalue weighted by molar-refractivity contribution is 6.05. The molecule has 0 spiro atoms. The van der Waals surface area contributed by atoms with E-state index in [4.69, 9.17) is 4.74 Å². The highest BCUT2D eigenvalue weighted by Crippen LogP contribution is 2.16. The van der Waals surface area contributed by atoms with E-state index in [1.807, 2.05) is 20.8 Å². The standard InChI is InChI=1S/C20H24N2O3/c1-4-25-18-11-9-17(10-12-18)22-20(24)16-7-5-15(6-8-16)19(23)21-13-14(2)3/h5-12,14H,4,13H2,1-3H3,(H,21,23)(H,22,24). The van der Waals surface area contributed by atoms with Gasteiger partial charge in [-0.25, -0.2) is 0 Å². The molecule has 0 aliphatic carbocycles. The van der Waals surface area contributed by atoms with Crippen LogP contribution in [0.5, 0.6) is 5.75 Å². The summed E-state index contributed by atoms with van der Waals surface area (Å²) in [4.78, 5) is 24.3. The van der Waals surface area contributed by atoms with Gasteiger partial charge >= 0.3 is 0 Å². The largest absolute Gasteiger partial charge is 0.494 e. The topological polar surface area (TPSA) is 67.4 Å². The van der Waals surface area contributed by atoms with Crippen molar-refractivity contribution in [2.45, 2.75) is 20.8 Å². The van der Waals surface area contributed by atoms with Crippen LogP contribution in [0.2, 0.25) is 0 Å². The van der Waals surface area contributed by atoms with Crippen LogP contribution in [0.4, 0.5) is 5.69 Å². The van der Waals surface area contributed by atoms with Crippen LogP contribution in [0.3, 0.4) is 0 Å². The molecule has 0 unspecified atom stereocenters. The van der Waals surface area contributed by atoms with Crippen LogP contribution in [0.25, 0.3) is 0 Å². The van der Waals surface area contributed by atoms with E-state index >= 15 is 0 Å². The number of nitrogens with one attached hydrogen (secondary N) is 2. The van der Waals surface area contributed by atoms with Crippen molar-refractivity contribution in [1.29, 1.82) is 0 Å². The zero-order valence-electron chi connectivity index (χ0n) is 14.8. The summed E-state index contributed by atoms with van der Waals surface area (Å²) in [6.07, 6.45) is 0. The average Bonchev–Trinajstić information content (AvgIpc) is 2.61. The summed E-state index contributed by atoms with van der Waals surface area (Å²) in [5, 5.41) is 5.67. The van der Waals surface area contributed by atoms with Crippen LogP contribution in [0.1, 0.15) is 41.5 Å². The number of carbonyl (C=O) groups excluding carboxylic acids is 2. The Balaban J connectivity index is 1.96. The lowest BCUT2D eigenvalue weighted by Crippen LogP contribution is -2.27. The molecule has 5 nitrogen and oxygen atoms in total. The van der Waals surface area contributed by atoms with E-state index in [1.165, 1.54) is 0 Å². The van der Waals surface area contributed by atoms with Crippen molar-refractivity contribution in [2.75, 3.05) is 18.5 Å². The molecule has 0 fully saturated rings. The second-order valence-electron chi connectivity index (χ2n) is 6.09. The number of carbonyl (C=O) groups is 2. The third-order valence-corrected chi connectivity index (χ3v) is 3.50. The Morgan fingerprint density at radius 2 is 1.48 bits per heavy atom. The van der Waals surface area contributed by atoms with Gasteiger partial charge in [0.25, 0.3) is 11.8 Å². The summed E-state index contributed by atoms with van der Waals surface area (Å²) in [6.45, 7) is 7.22. The Bertz CT molecular complexity index is 707. The molecule has 0 aromatic heterocycles. The van der Waals surface area contributed by atoms with Crippen LogP contribution >= 0.6 is 0 Å². The summed E-state index contributed by atoms with van der Waals surface area (Å²) in [7, 11) is 0. The second kappa shape index (κ2) is 8.87. The molecule has 0 saturated carbocycles. The van der Waals surface area contributed by atoms with E-state index in [2.05, 4.69) is 10.6 Å². The van der Waals surface area contributed by atoms with E-state index in [-0.39, 0.29) is 11.8 Å². The first kappa shape index (κ1) is 18.5. The van der Waals surface area contributed by atoms with Gasteiger partial charge in [0.15, 0.2) is 0 Å². The predicted molar refractivity (Wildman–Crippen MR) is 99.2 cm³/mol. The molecule has 0 heterocycles. The molecule has 0 aliphatic rings. The number of hydrogen-bond donors (Lipinski definition) is 2. The maximum atomic E-state index is 12.3. The van der Waals surface area contributed by atoms with Crippen LogP contribution in [0, 0.1) is 5.92 Å². The number of rotatable bonds is 7. The molecule has 132 valence electrons. The predicted octanol–water partition coefficient (Wildman–Crippen LogP) is 3.72. The maximum absolute atomic E-state index is 12.3. The Hall–Kier alpha value is -2.82. The van der Waals surface area contributed by atoms with E-state index in [0.717, 1.165) is 5.75 Å². The maximum Gasteiger partial charge on any atom is 0.255 e. The molecule has 0 bridgehead atoms. The summed E-state index contributed by atoms with van der Waals surface area (Å²) < 4.78 is 5.37. The molecular formula is C20H24N2O3. The molecule has 2 rings (SSSR count). The molecule has 2 amide bonds. The van der Waals surface area contributed by atoms with Crippen molar-refractivity contribution in [3.63, 3.8) is 0 Å². The minimum absolute atomic E-state index is 0.132. The molecule has 0 saturated heterocycles. The van der Waals surface area contributed by atoms with Gasteiger partial charge < -0.3 is 15.4 Å². The van der Waals surface area contributed by atoms with Crippen molar-refractivity contribution in [2.24, 2.45) is 5.92 Å². The van der Waals surface area contributed by atoms with Crippen molar-refractivity contribution in [1.82, 2.24) is 5.32 Å². The molecule has 25 heavy (non-hydrogen) atoms. The third-order valence-electron chi connectivity index (χ3n) is 3.50. The van der Waals surface area contributed by atoms with Crippen molar-refractivity contribution < 1.29 is 14.3 Å². The zero-order chi connectivity index (χ0) is 18.2. The molecule has 2 N–H and O–H groups in total. The third kappa shape index (κ3) is 5.64. The van der Waals surface area contributed by atoms with Crippen LogP contribution < -0.4 is 15.4 Å². The summed E-state index contributed by atoms with van der Waals surface area (Å²) in [6, 6.07) is 13.8. The SMILES string of the molecule is CCOc1ccc(NC(=O)c2ccc(C(=O)NCC(C)C)cc2)cc1. The first-order valence-electron chi connectivity index (χ1n) is 8.42.